The average molecular weight is 288 g/mol. The molecule has 0 radical (unpaired) electrons. The summed E-state index contributed by atoms with van der Waals surface area (Å²) < 4.78 is 0. The first-order valence-corrected chi connectivity index (χ1v) is 8.22. The van der Waals surface area contributed by atoms with Gasteiger partial charge in [-0.25, -0.2) is 0 Å². The van der Waals surface area contributed by atoms with E-state index in [1.54, 1.807) is 0 Å². The molecule has 1 saturated carbocycles. The lowest BCUT2D eigenvalue weighted by atomic mass is 9.83. The van der Waals surface area contributed by atoms with Crippen LogP contribution in [0.25, 0.3) is 0 Å². The Kier molecular flexibility index (Phi) is 5.66. The molecule has 0 aliphatic heterocycles. The molecule has 1 aliphatic carbocycles. The second kappa shape index (κ2) is 7.48. The Bertz CT molecular complexity index is 476. The van der Waals surface area contributed by atoms with E-state index in [0.29, 0.717) is 6.54 Å². The van der Waals surface area contributed by atoms with Crippen molar-refractivity contribution in [3.63, 3.8) is 0 Å². The first-order chi connectivity index (χ1) is 10.1. The summed E-state index contributed by atoms with van der Waals surface area (Å²) >= 11 is 0. The van der Waals surface area contributed by atoms with Crippen LogP contribution in [0.3, 0.4) is 0 Å². The fourth-order valence-corrected chi connectivity index (χ4v) is 3.05. The Morgan fingerprint density at radius 1 is 1.24 bits per heavy atom. The van der Waals surface area contributed by atoms with E-state index in [-0.39, 0.29) is 5.91 Å². The molecule has 0 saturated heterocycles. The van der Waals surface area contributed by atoms with E-state index in [1.165, 1.54) is 25.7 Å². The molecular formula is C18H28N2O. The number of hydrogen-bond acceptors (Lipinski definition) is 2. The minimum absolute atomic E-state index is 0.00779. The second-order valence-electron chi connectivity index (χ2n) is 6.40. The minimum atomic E-state index is 0.00779. The van der Waals surface area contributed by atoms with Crippen molar-refractivity contribution < 1.29 is 4.79 Å². The third-order valence-electron chi connectivity index (χ3n) is 4.54. The maximum absolute atomic E-state index is 11.8. The van der Waals surface area contributed by atoms with Gasteiger partial charge in [-0.2, -0.15) is 0 Å². The van der Waals surface area contributed by atoms with Crippen molar-refractivity contribution in [3.8, 4) is 0 Å². The SMILES string of the molecule is CCNC(=O)c1ccc(NCC2CCC(C)CC2)c(C)c1. The third kappa shape index (κ3) is 4.48. The molecule has 1 aromatic carbocycles. The van der Waals surface area contributed by atoms with Crippen LogP contribution in [-0.2, 0) is 0 Å². The highest BCUT2D eigenvalue weighted by Gasteiger charge is 2.18. The summed E-state index contributed by atoms with van der Waals surface area (Å²) in [6.07, 6.45) is 5.40. The Balaban J connectivity index is 1.90. The number of benzene rings is 1. The van der Waals surface area contributed by atoms with Gasteiger partial charge in [-0.1, -0.05) is 19.8 Å². The van der Waals surface area contributed by atoms with Crippen molar-refractivity contribution in [3.05, 3.63) is 29.3 Å². The molecule has 0 heterocycles. The molecule has 3 heteroatoms. The van der Waals surface area contributed by atoms with Crippen molar-refractivity contribution in [2.45, 2.75) is 46.5 Å². The number of rotatable bonds is 5. The summed E-state index contributed by atoms with van der Waals surface area (Å²) in [6, 6.07) is 5.91. The zero-order chi connectivity index (χ0) is 15.2. The van der Waals surface area contributed by atoms with Gasteiger partial charge in [0, 0.05) is 24.3 Å². The largest absolute Gasteiger partial charge is 0.385 e. The molecule has 21 heavy (non-hydrogen) atoms. The Morgan fingerprint density at radius 2 is 1.95 bits per heavy atom. The number of hydrogen-bond donors (Lipinski definition) is 2. The fraction of sp³-hybridized carbons (Fsp3) is 0.611. The predicted octanol–water partition coefficient (Wildman–Crippen LogP) is 3.98. The van der Waals surface area contributed by atoms with Crippen molar-refractivity contribution >= 4 is 11.6 Å². The van der Waals surface area contributed by atoms with Gasteiger partial charge in [0.25, 0.3) is 5.91 Å². The summed E-state index contributed by atoms with van der Waals surface area (Å²) in [6.45, 7) is 8.07. The van der Waals surface area contributed by atoms with Crippen LogP contribution in [-0.4, -0.2) is 19.0 Å². The highest BCUT2D eigenvalue weighted by atomic mass is 16.1. The first-order valence-electron chi connectivity index (χ1n) is 8.22. The van der Waals surface area contributed by atoms with Crippen molar-refractivity contribution in [1.29, 1.82) is 0 Å². The highest BCUT2D eigenvalue weighted by Crippen LogP contribution is 2.28. The topological polar surface area (TPSA) is 41.1 Å². The number of carbonyl (C=O) groups excluding carboxylic acids is 1. The standard InChI is InChI=1S/C18H28N2O/c1-4-19-18(21)16-9-10-17(14(3)11-16)20-12-15-7-5-13(2)6-8-15/h9-11,13,15,20H,4-8,12H2,1-3H3,(H,19,21). The Hall–Kier alpha value is -1.51. The van der Waals surface area contributed by atoms with Crippen LogP contribution in [0.4, 0.5) is 5.69 Å². The van der Waals surface area contributed by atoms with E-state index in [1.807, 2.05) is 25.1 Å². The van der Waals surface area contributed by atoms with Gasteiger partial charge < -0.3 is 10.6 Å². The van der Waals surface area contributed by atoms with Gasteiger partial charge in [0.1, 0.15) is 0 Å². The van der Waals surface area contributed by atoms with Crippen molar-refractivity contribution in [2.75, 3.05) is 18.4 Å². The average Bonchev–Trinajstić information content (AvgIpc) is 2.48. The van der Waals surface area contributed by atoms with E-state index < -0.39 is 0 Å². The third-order valence-corrected chi connectivity index (χ3v) is 4.54. The van der Waals surface area contributed by atoms with Gasteiger partial charge in [0.2, 0.25) is 0 Å². The first kappa shape index (κ1) is 15.9. The van der Waals surface area contributed by atoms with Gasteiger partial charge in [0.05, 0.1) is 0 Å². The lowest BCUT2D eigenvalue weighted by molar-refractivity contribution is 0.0956. The number of carbonyl (C=O) groups is 1. The van der Waals surface area contributed by atoms with Crippen LogP contribution in [0.5, 0.6) is 0 Å². The number of amides is 1. The maximum atomic E-state index is 11.8. The predicted molar refractivity (Wildman–Crippen MR) is 88.8 cm³/mol. The van der Waals surface area contributed by atoms with Crippen molar-refractivity contribution in [1.82, 2.24) is 5.32 Å². The van der Waals surface area contributed by atoms with Gasteiger partial charge in [-0.15, -0.1) is 0 Å². The summed E-state index contributed by atoms with van der Waals surface area (Å²) in [5.41, 5.74) is 3.04. The quantitative estimate of drug-likeness (QED) is 0.860. The van der Waals surface area contributed by atoms with E-state index in [4.69, 9.17) is 0 Å². The normalized spacial score (nSPS) is 21.9. The van der Waals surface area contributed by atoms with E-state index in [2.05, 4.69) is 24.5 Å². The molecule has 0 aromatic heterocycles. The molecule has 1 aromatic rings. The van der Waals surface area contributed by atoms with Crippen LogP contribution >= 0.6 is 0 Å². The van der Waals surface area contributed by atoms with E-state index >= 15 is 0 Å². The highest BCUT2D eigenvalue weighted by molar-refractivity contribution is 5.94. The number of anilines is 1. The molecule has 1 aliphatic rings. The summed E-state index contributed by atoms with van der Waals surface area (Å²) in [5.74, 6) is 1.71. The number of nitrogens with one attached hydrogen (secondary N) is 2. The van der Waals surface area contributed by atoms with Crippen LogP contribution in [0.1, 0.15) is 55.5 Å². The molecule has 0 atom stereocenters. The molecule has 0 unspecified atom stereocenters. The van der Waals surface area contributed by atoms with Gasteiger partial charge in [0.15, 0.2) is 0 Å². The zero-order valence-corrected chi connectivity index (χ0v) is 13.5. The van der Waals surface area contributed by atoms with Crippen LogP contribution in [0.15, 0.2) is 18.2 Å². The second-order valence-corrected chi connectivity index (χ2v) is 6.40. The summed E-state index contributed by atoms with van der Waals surface area (Å²) in [7, 11) is 0. The monoisotopic (exact) mass is 288 g/mol. The smallest absolute Gasteiger partial charge is 0.251 e. The fourth-order valence-electron chi connectivity index (χ4n) is 3.05. The molecule has 116 valence electrons. The van der Waals surface area contributed by atoms with Crippen LogP contribution < -0.4 is 10.6 Å². The molecule has 1 amide bonds. The van der Waals surface area contributed by atoms with E-state index in [9.17, 15) is 4.79 Å². The lowest BCUT2D eigenvalue weighted by Gasteiger charge is -2.26. The lowest BCUT2D eigenvalue weighted by Crippen LogP contribution is -2.23. The number of aryl methyl sites for hydroxylation is 1. The van der Waals surface area contributed by atoms with Crippen molar-refractivity contribution in [2.24, 2.45) is 11.8 Å². The Morgan fingerprint density at radius 3 is 2.57 bits per heavy atom. The molecule has 1 fully saturated rings. The molecule has 2 N–H and O–H groups in total. The summed E-state index contributed by atoms with van der Waals surface area (Å²) in [5, 5.41) is 6.40. The van der Waals surface area contributed by atoms with E-state index in [0.717, 1.165) is 35.2 Å². The molecule has 2 rings (SSSR count). The molecule has 0 spiro atoms. The van der Waals surface area contributed by atoms with Crippen LogP contribution in [0, 0.1) is 18.8 Å². The maximum Gasteiger partial charge on any atom is 0.251 e. The molecule has 0 bridgehead atoms. The molecular weight excluding hydrogens is 260 g/mol. The van der Waals surface area contributed by atoms with Crippen LogP contribution in [0.2, 0.25) is 0 Å². The zero-order valence-electron chi connectivity index (χ0n) is 13.5. The van der Waals surface area contributed by atoms with Gasteiger partial charge in [-0.05, 0) is 62.3 Å². The summed E-state index contributed by atoms with van der Waals surface area (Å²) in [4.78, 5) is 11.8. The van der Waals surface area contributed by atoms with Gasteiger partial charge in [-0.3, -0.25) is 4.79 Å². The molecule has 3 nitrogen and oxygen atoms in total. The minimum Gasteiger partial charge on any atom is -0.385 e. The van der Waals surface area contributed by atoms with Gasteiger partial charge >= 0.3 is 0 Å². The Labute approximate surface area is 128 Å².